The number of nitrogens with one attached hydrogen (secondary N) is 1. The fourth-order valence-corrected chi connectivity index (χ4v) is 2.75. The fourth-order valence-electron chi connectivity index (χ4n) is 2.13. The van der Waals surface area contributed by atoms with Crippen LogP contribution in [0.4, 0.5) is 5.69 Å². The normalized spacial score (nSPS) is 14.5. The summed E-state index contributed by atoms with van der Waals surface area (Å²) in [5, 5.41) is 8.92. The Morgan fingerprint density at radius 1 is 1.36 bits per heavy atom. The van der Waals surface area contributed by atoms with Crippen LogP contribution in [0.3, 0.4) is 0 Å². The zero-order valence-corrected chi connectivity index (χ0v) is 13.2. The Kier molecular flexibility index (Phi) is 4.41. The molecule has 0 aromatic heterocycles. The summed E-state index contributed by atoms with van der Waals surface area (Å²) in [6.45, 7) is 1.36. The summed E-state index contributed by atoms with van der Waals surface area (Å²) in [7, 11) is -3.45. The molecule has 1 saturated carbocycles. The van der Waals surface area contributed by atoms with E-state index in [0.717, 1.165) is 19.1 Å². The lowest BCUT2D eigenvalue weighted by Gasteiger charge is -2.21. The van der Waals surface area contributed by atoms with Crippen molar-refractivity contribution in [2.45, 2.75) is 25.8 Å². The summed E-state index contributed by atoms with van der Waals surface area (Å²) in [6, 6.07) is 4.60. The molecule has 22 heavy (non-hydrogen) atoms. The van der Waals surface area contributed by atoms with Gasteiger partial charge in [-0.15, -0.1) is 0 Å². The van der Waals surface area contributed by atoms with Gasteiger partial charge in [-0.25, -0.2) is 8.42 Å². The number of nitrogens with zero attached hydrogens (tertiary/aromatic N) is 1. The molecule has 1 amide bonds. The molecule has 7 nitrogen and oxygen atoms in total. The Labute approximate surface area is 129 Å². The van der Waals surface area contributed by atoms with Gasteiger partial charge in [0.1, 0.15) is 6.54 Å². The molecular formula is C14H18N2O5S. The van der Waals surface area contributed by atoms with E-state index >= 15 is 0 Å². The molecule has 1 aromatic rings. The predicted octanol–water partition coefficient (Wildman–Crippen LogP) is 1.06. The first-order chi connectivity index (χ1) is 10.2. The topological polar surface area (TPSA) is 104 Å². The molecule has 1 aliphatic carbocycles. The predicted molar refractivity (Wildman–Crippen MR) is 81.3 cm³/mol. The smallest absolute Gasteiger partial charge is 0.323 e. The van der Waals surface area contributed by atoms with Crippen molar-refractivity contribution in [1.82, 2.24) is 4.90 Å². The molecule has 0 spiro atoms. The Balaban J connectivity index is 2.29. The first-order valence-electron chi connectivity index (χ1n) is 6.78. The van der Waals surface area contributed by atoms with Gasteiger partial charge in [-0.3, -0.25) is 14.3 Å². The van der Waals surface area contributed by atoms with Crippen molar-refractivity contribution in [3.63, 3.8) is 0 Å². The number of carboxylic acids is 1. The number of benzene rings is 1. The van der Waals surface area contributed by atoms with Crippen LogP contribution < -0.4 is 4.72 Å². The number of carboxylic acid groups (broad SMARTS) is 1. The number of hydrogen-bond donors (Lipinski definition) is 2. The lowest BCUT2D eigenvalue weighted by molar-refractivity contribution is -0.137. The van der Waals surface area contributed by atoms with E-state index in [0.29, 0.717) is 11.3 Å². The van der Waals surface area contributed by atoms with E-state index in [-0.39, 0.29) is 18.2 Å². The van der Waals surface area contributed by atoms with E-state index in [4.69, 9.17) is 5.11 Å². The van der Waals surface area contributed by atoms with Crippen LogP contribution in [0, 0.1) is 6.92 Å². The molecular weight excluding hydrogens is 308 g/mol. The van der Waals surface area contributed by atoms with E-state index in [9.17, 15) is 18.0 Å². The molecule has 8 heteroatoms. The molecule has 0 aliphatic heterocycles. The quantitative estimate of drug-likeness (QED) is 0.813. The molecule has 0 unspecified atom stereocenters. The van der Waals surface area contributed by atoms with Crippen LogP contribution in [-0.4, -0.2) is 49.1 Å². The lowest BCUT2D eigenvalue weighted by Crippen LogP contribution is -2.37. The monoisotopic (exact) mass is 326 g/mol. The molecule has 2 rings (SSSR count). The largest absolute Gasteiger partial charge is 0.480 e. The second kappa shape index (κ2) is 5.96. The fraction of sp³-hybridized carbons (Fsp3) is 0.429. The van der Waals surface area contributed by atoms with Crippen molar-refractivity contribution in [1.29, 1.82) is 0 Å². The minimum Gasteiger partial charge on any atom is -0.480 e. The highest BCUT2D eigenvalue weighted by Gasteiger charge is 2.34. The van der Waals surface area contributed by atoms with E-state index < -0.39 is 21.9 Å². The van der Waals surface area contributed by atoms with Crippen LogP contribution in [0.15, 0.2) is 18.2 Å². The van der Waals surface area contributed by atoms with Gasteiger partial charge in [0.2, 0.25) is 10.0 Å². The highest BCUT2D eigenvalue weighted by Crippen LogP contribution is 2.29. The highest BCUT2D eigenvalue weighted by atomic mass is 32.2. The number of aliphatic carboxylic acids is 1. The number of amides is 1. The van der Waals surface area contributed by atoms with Crippen LogP contribution in [-0.2, 0) is 14.8 Å². The van der Waals surface area contributed by atoms with Gasteiger partial charge in [0.15, 0.2) is 0 Å². The zero-order chi connectivity index (χ0) is 16.5. The average molecular weight is 326 g/mol. The lowest BCUT2D eigenvalue weighted by atomic mass is 10.1. The summed E-state index contributed by atoms with van der Waals surface area (Å²) in [4.78, 5) is 24.7. The van der Waals surface area contributed by atoms with Gasteiger partial charge in [-0.1, -0.05) is 6.07 Å². The minimum atomic E-state index is -3.45. The second-order valence-electron chi connectivity index (χ2n) is 5.46. The van der Waals surface area contributed by atoms with Gasteiger partial charge >= 0.3 is 5.97 Å². The van der Waals surface area contributed by atoms with Crippen molar-refractivity contribution in [2.75, 3.05) is 17.5 Å². The molecule has 0 heterocycles. The number of sulfonamides is 1. The van der Waals surface area contributed by atoms with Crippen molar-refractivity contribution >= 4 is 27.6 Å². The number of rotatable bonds is 6. The summed E-state index contributed by atoms with van der Waals surface area (Å²) >= 11 is 0. The highest BCUT2D eigenvalue weighted by molar-refractivity contribution is 7.92. The van der Waals surface area contributed by atoms with Crippen LogP contribution in [0.25, 0.3) is 0 Å². The number of hydrogen-bond acceptors (Lipinski definition) is 4. The summed E-state index contributed by atoms with van der Waals surface area (Å²) in [6.07, 6.45) is 2.61. The third kappa shape index (κ3) is 4.20. The molecule has 0 bridgehead atoms. The molecule has 0 saturated heterocycles. The number of carbonyl (C=O) groups excluding carboxylic acids is 1. The van der Waals surface area contributed by atoms with Crippen molar-refractivity contribution in [2.24, 2.45) is 0 Å². The zero-order valence-electron chi connectivity index (χ0n) is 12.4. The average Bonchev–Trinajstić information content (AvgIpc) is 3.20. The molecule has 1 aromatic carbocycles. The SMILES string of the molecule is Cc1ccc(C(=O)N(CC(=O)O)C2CC2)cc1NS(C)(=O)=O. The van der Waals surface area contributed by atoms with Crippen LogP contribution in [0.5, 0.6) is 0 Å². The van der Waals surface area contributed by atoms with Gasteiger partial charge in [-0.2, -0.15) is 0 Å². The van der Waals surface area contributed by atoms with E-state index in [2.05, 4.69) is 4.72 Å². The Morgan fingerprint density at radius 3 is 2.50 bits per heavy atom. The van der Waals surface area contributed by atoms with Crippen LogP contribution in [0.2, 0.25) is 0 Å². The number of aryl methyl sites for hydroxylation is 1. The van der Waals surface area contributed by atoms with Crippen molar-refractivity contribution in [3.05, 3.63) is 29.3 Å². The molecule has 1 fully saturated rings. The van der Waals surface area contributed by atoms with Gasteiger partial charge < -0.3 is 10.0 Å². The first kappa shape index (κ1) is 16.3. The Bertz CT molecular complexity index is 710. The molecule has 2 N–H and O–H groups in total. The van der Waals surface area contributed by atoms with Gasteiger partial charge in [0, 0.05) is 11.6 Å². The van der Waals surface area contributed by atoms with Gasteiger partial charge in [0.05, 0.1) is 11.9 Å². The van der Waals surface area contributed by atoms with E-state index in [1.807, 2.05) is 0 Å². The van der Waals surface area contributed by atoms with Crippen molar-refractivity contribution in [3.8, 4) is 0 Å². The molecule has 120 valence electrons. The van der Waals surface area contributed by atoms with E-state index in [1.54, 1.807) is 19.1 Å². The maximum atomic E-state index is 12.5. The summed E-state index contributed by atoms with van der Waals surface area (Å²) < 4.78 is 25.0. The Hall–Kier alpha value is -2.09. The summed E-state index contributed by atoms with van der Waals surface area (Å²) in [5.74, 6) is -1.47. The molecule has 0 atom stereocenters. The maximum Gasteiger partial charge on any atom is 0.323 e. The van der Waals surface area contributed by atoms with Crippen LogP contribution in [0.1, 0.15) is 28.8 Å². The minimum absolute atomic E-state index is 0.0452. The van der Waals surface area contributed by atoms with Crippen LogP contribution >= 0.6 is 0 Å². The third-order valence-corrected chi connectivity index (χ3v) is 3.92. The number of anilines is 1. The summed E-state index contributed by atoms with van der Waals surface area (Å²) in [5.41, 5.74) is 1.27. The third-order valence-electron chi connectivity index (χ3n) is 3.33. The number of carbonyl (C=O) groups is 2. The maximum absolute atomic E-state index is 12.5. The second-order valence-corrected chi connectivity index (χ2v) is 7.21. The first-order valence-corrected chi connectivity index (χ1v) is 8.68. The Morgan fingerprint density at radius 2 is 2.00 bits per heavy atom. The van der Waals surface area contributed by atoms with Gasteiger partial charge in [-0.05, 0) is 37.5 Å². The molecule has 0 radical (unpaired) electrons. The molecule has 1 aliphatic rings. The standard InChI is InChI=1S/C14H18N2O5S/c1-9-3-4-10(7-12(9)15-22(2,20)21)14(19)16(8-13(17)18)11-5-6-11/h3-4,7,11,15H,5-6,8H2,1-2H3,(H,17,18). The van der Waals surface area contributed by atoms with Gasteiger partial charge in [0.25, 0.3) is 5.91 Å². The van der Waals surface area contributed by atoms with Crippen molar-refractivity contribution < 1.29 is 23.1 Å². The van der Waals surface area contributed by atoms with E-state index in [1.165, 1.54) is 11.0 Å².